The maximum atomic E-state index is 11.2. The number of carboxylic acid groups (broad SMARTS) is 1. The van der Waals surface area contributed by atoms with E-state index in [9.17, 15) is 22.4 Å². The summed E-state index contributed by atoms with van der Waals surface area (Å²) in [4.78, 5) is 18.9. The van der Waals surface area contributed by atoms with Gasteiger partial charge in [-0.2, -0.15) is 13.2 Å². The molecule has 0 amide bonds. The van der Waals surface area contributed by atoms with Crippen molar-refractivity contribution in [1.82, 2.24) is 0 Å². The first kappa shape index (κ1) is 15.3. The van der Waals surface area contributed by atoms with Crippen LogP contribution in [-0.2, 0) is 9.59 Å². The number of hydrogen-bond acceptors (Lipinski definition) is 3. The normalized spacial score (nSPS) is 12.4. The fourth-order valence-electron chi connectivity index (χ4n) is 0.122. The molecule has 0 aliphatic heterocycles. The Labute approximate surface area is 76.7 Å². The van der Waals surface area contributed by atoms with Crippen LogP contribution in [0.15, 0.2) is 0 Å². The van der Waals surface area contributed by atoms with Crippen LogP contribution < -0.4 is 5.73 Å². The van der Waals surface area contributed by atoms with Crippen LogP contribution in [0.3, 0.4) is 0 Å². The molecule has 14 heavy (non-hydrogen) atoms. The third-order valence-electron chi connectivity index (χ3n) is 0.882. The van der Waals surface area contributed by atoms with Gasteiger partial charge in [-0.3, -0.25) is 4.79 Å². The lowest BCUT2D eigenvalue weighted by Gasteiger charge is -1.94. The highest BCUT2D eigenvalue weighted by Crippen LogP contribution is 2.13. The van der Waals surface area contributed by atoms with Crippen molar-refractivity contribution in [2.45, 2.75) is 19.1 Å². The van der Waals surface area contributed by atoms with Crippen LogP contribution in [-0.4, -0.2) is 35.8 Å². The summed E-state index contributed by atoms with van der Waals surface area (Å²) in [7, 11) is 0. The van der Waals surface area contributed by atoms with Crippen molar-refractivity contribution in [1.29, 1.82) is 0 Å². The van der Waals surface area contributed by atoms with Crippen molar-refractivity contribution in [3.8, 4) is 0 Å². The third-order valence-corrected chi connectivity index (χ3v) is 0.882. The van der Waals surface area contributed by atoms with Crippen LogP contribution in [0.1, 0.15) is 6.92 Å². The van der Waals surface area contributed by atoms with Crippen molar-refractivity contribution in [3.63, 3.8) is 0 Å². The Morgan fingerprint density at radius 3 is 1.71 bits per heavy atom. The summed E-state index contributed by atoms with van der Waals surface area (Å²) in [5, 5.41) is 7.12. The zero-order chi connectivity index (χ0) is 11.9. The molecular formula is C6H9F4NO3. The summed E-state index contributed by atoms with van der Waals surface area (Å²) >= 11 is 0. The second-order valence-corrected chi connectivity index (χ2v) is 2.19. The van der Waals surface area contributed by atoms with Gasteiger partial charge in [-0.25, -0.2) is 9.18 Å². The second kappa shape index (κ2) is 6.30. The Kier molecular flexibility index (Phi) is 6.89. The molecule has 0 heterocycles. The van der Waals surface area contributed by atoms with Crippen LogP contribution in [0.4, 0.5) is 17.6 Å². The minimum atomic E-state index is -5.08. The van der Waals surface area contributed by atoms with E-state index < -0.39 is 30.6 Å². The lowest BCUT2D eigenvalue weighted by molar-refractivity contribution is -0.192. The van der Waals surface area contributed by atoms with Crippen LogP contribution in [0.5, 0.6) is 0 Å². The number of ketones is 1. The number of nitrogens with two attached hydrogens (primary N) is 1. The molecule has 1 unspecified atom stereocenters. The average molecular weight is 219 g/mol. The van der Waals surface area contributed by atoms with Gasteiger partial charge < -0.3 is 10.8 Å². The molecule has 0 aromatic carbocycles. The molecule has 0 spiro atoms. The van der Waals surface area contributed by atoms with Gasteiger partial charge in [0.25, 0.3) is 0 Å². The number of alkyl halides is 4. The van der Waals surface area contributed by atoms with Gasteiger partial charge in [-0.1, -0.05) is 0 Å². The summed E-state index contributed by atoms with van der Waals surface area (Å²) in [6.07, 6.45) is -5.08. The molecule has 1 atom stereocenters. The average Bonchev–Trinajstić information content (AvgIpc) is 2.02. The molecule has 0 saturated carbocycles. The monoisotopic (exact) mass is 219 g/mol. The van der Waals surface area contributed by atoms with Gasteiger partial charge in [-0.05, 0) is 6.92 Å². The van der Waals surface area contributed by atoms with Crippen LogP contribution >= 0.6 is 0 Å². The van der Waals surface area contributed by atoms with Gasteiger partial charge in [0, 0.05) is 0 Å². The van der Waals surface area contributed by atoms with E-state index in [1.165, 1.54) is 6.92 Å². The molecule has 0 aromatic heterocycles. The van der Waals surface area contributed by atoms with Crippen molar-refractivity contribution >= 4 is 11.8 Å². The highest BCUT2D eigenvalue weighted by molar-refractivity contribution is 5.84. The Morgan fingerprint density at radius 1 is 1.43 bits per heavy atom. The third kappa shape index (κ3) is 8.91. The van der Waals surface area contributed by atoms with E-state index in [1.807, 2.05) is 0 Å². The fraction of sp³-hybridized carbons (Fsp3) is 0.667. The lowest BCUT2D eigenvalue weighted by atomic mass is 10.2. The summed E-state index contributed by atoms with van der Waals surface area (Å²) < 4.78 is 42.9. The van der Waals surface area contributed by atoms with E-state index >= 15 is 0 Å². The van der Waals surface area contributed by atoms with E-state index in [4.69, 9.17) is 15.6 Å². The molecular weight excluding hydrogens is 210 g/mol. The predicted molar refractivity (Wildman–Crippen MR) is 38.3 cm³/mol. The van der Waals surface area contributed by atoms with Gasteiger partial charge in [0.1, 0.15) is 6.67 Å². The van der Waals surface area contributed by atoms with E-state index in [0.717, 1.165) is 0 Å². The number of Topliss-reactive ketones (excluding diaryl/α,β-unsaturated/α-hetero) is 1. The molecule has 0 aliphatic rings. The predicted octanol–water partition coefficient (Wildman–Crippen LogP) is 0.505. The van der Waals surface area contributed by atoms with Crippen LogP contribution in [0, 0.1) is 0 Å². The molecule has 0 radical (unpaired) electrons. The van der Waals surface area contributed by atoms with E-state index in [-0.39, 0.29) is 0 Å². The number of hydrogen-bond donors (Lipinski definition) is 2. The Hall–Kier alpha value is -1.18. The standard InChI is InChI=1S/C4H8FNO.C2HF3O2/c1-3(6)4(7)2-5;3-2(4,5)1(6)7/h3H,2,6H2,1H3;(H,6,7). The molecule has 0 rings (SSSR count). The van der Waals surface area contributed by atoms with Crippen LogP contribution in [0.2, 0.25) is 0 Å². The Bertz CT molecular complexity index is 200. The number of carboxylic acids is 1. The molecule has 4 nitrogen and oxygen atoms in total. The van der Waals surface area contributed by atoms with Crippen molar-refractivity contribution in [3.05, 3.63) is 0 Å². The summed E-state index contributed by atoms with van der Waals surface area (Å²) in [6.45, 7) is 0.513. The first-order valence-electron chi connectivity index (χ1n) is 3.27. The SMILES string of the molecule is CC(N)C(=O)CF.O=C(O)C(F)(F)F. The van der Waals surface area contributed by atoms with Crippen molar-refractivity contribution in [2.75, 3.05) is 6.67 Å². The van der Waals surface area contributed by atoms with Crippen molar-refractivity contribution < 1.29 is 32.3 Å². The lowest BCUT2D eigenvalue weighted by Crippen LogP contribution is -2.27. The van der Waals surface area contributed by atoms with E-state index in [0.29, 0.717) is 0 Å². The molecule has 0 aliphatic carbocycles. The van der Waals surface area contributed by atoms with E-state index in [1.54, 1.807) is 0 Å². The van der Waals surface area contributed by atoms with Gasteiger partial charge in [-0.15, -0.1) is 0 Å². The highest BCUT2D eigenvalue weighted by Gasteiger charge is 2.38. The summed E-state index contributed by atoms with van der Waals surface area (Å²) in [5.41, 5.74) is 4.96. The number of rotatable bonds is 2. The number of aliphatic carboxylic acids is 1. The van der Waals surface area contributed by atoms with Gasteiger partial charge in [0.2, 0.25) is 0 Å². The molecule has 0 saturated heterocycles. The van der Waals surface area contributed by atoms with Gasteiger partial charge in [0.15, 0.2) is 5.78 Å². The van der Waals surface area contributed by atoms with Gasteiger partial charge in [0.05, 0.1) is 6.04 Å². The van der Waals surface area contributed by atoms with Crippen LogP contribution in [0.25, 0.3) is 0 Å². The minimum absolute atomic E-state index is 0.542. The second-order valence-electron chi connectivity index (χ2n) is 2.19. The number of carbonyl (C=O) groups excluding carboxylic acids is 1. The molecule has 0 bridgehead atoms. The molecule has 3 N–H and O–H groups in total. The smallest absolute Gasteiger partial charge is 0.475 e. The largest absolute Gasteiger partial charge is 0.490 e. The quantitative estimate of drug-likeness (QED) is 0.663. The highest BCUT2D eigenvalue weighted by atomic mass is 19.4. The first-order valence-corrected chi connectivity index (χ1v) is 3.27. The first-order chi connectivity index (χ1) is 6.12. The van der Waals surface area contributed by atoms with Crippen molar-refractivity contribution in [2.24, 2.45) is 5.73 Å². The maximum Gasteiger partial charge on any atom is 0.490 e. The minimum Gasteiger partial charge on any atom is -0.475 e. The molecule has 8 heteroatoms. The zero-order valence-electron chi connectivity index (χ0n) is 7.14. The fourth-order valence-corrected chi connectivity index (χ4v) is 0.122. The topological polar surface area (TPSA) is 80.4 Å². The number of carbonyl (C=O) groups is 2. The number of halogens is 4. The molecule has 0 aromatic rings. The molecule has 84 valence electrons. The summed E-state index contributed by atoms with van der Waals surface area (Å²) in [6, 6.07) is -0.648. The summed E-state index contributed by atoms with van der Waals surface area (Å²) in [5.74, 6) is -3.30. The van der Waals surface area contributed by atoms with Gasteiger partial charge >= 0.3 is 12.1 Å². The zero-order valence-corrected chi connectivity index (χ0v) is 7.14. The molecule has 0 fully saturated rings. The Morgan fingerprint density at radius 2 is 1.71 bits per heavy atom. The Balaban J connectivity index is 0. The maximum absolute atomic E-state index is 11.2. The van der Waals surface area contributed by atoms with E-state index in [2.05, 4.69) is 0 Å².